The van der Waals surface area contributed by atoms with Gasteiger partial charge in [-0.3, -0.25) is 14.6 Å². The van der Waals surface area contributed by atoms with Gasteiger partial charge in [-0.05, 0) is 60.9 Å². The van der Waals surface area contributed by atoms with Crippen molar-refractivity contribution in [1.82, 2.24) is 25.8 Å². The number of nitrogens with one attached hydrogen (secondary N) is 3. The second-order valence-corrected chi connectivity index (χ2v) is 10.6. The highest BCUT2D eigenvalue weighted by molar-refractivity contribution is 5.79. The van der Waals surface area contributed by atoms with Crippen molar-refractivity contribution in [3.05, 3.63) is 53.9 Å². The third-order valence-corrected chi connectivity index (χ3v) is 8.00. The molecule has 0 unspecified atom stereocenters. The Morgan fingerprint density at radius 3 is 2.82 bits per heavy atom. The normalized spacial score (nSPS) is 22.8. The quantitative estimate of drug-likeness (QED) is 0.554. The van der Waals surface area contributed by atoms with Gasteiger partial charge in [-0.2, -0.15) is 0 Å². The number of hydrogen-bond donors (Lipinski definition) is 3. The zero-order valence-electron chi connectivity index (χ0n) is 22.2. The summed E-state index contributed by atoms with van der Waals surface area (Å²) in [6.45, 7) is 7.40. The van der Waals surface area contributed by atoms with Gasteiger partial charge in [-0.25, -0.2) is 0 Å². The molecule has 5 rings (SSSR count). The molecule has 0 saturated carbocycles. The largest absolute Gasteiger partial charge is 0.493 e. The number of hydrogen-bond acceptors (Lipinski definition) is 7. The molecule has 2 fully saturated rings. The molecule has 2 saturated heterocycles. The van der Waals surface area contributed by atoms with Gasteiger partial charge < -0.3 is 30.5 Å². The molecular weight excluding hydrogens is 480 g/mol. The molecule has 0 spiro atoms. The van der Waals surface area contributed by atoms with E-state index < -0.39 is 0 Å². The summed E-state index contributed by atoms with van der Waals surface area (Å²) >= 11 is 0. The Kier molecular flexibility index (Phi) is 9.09. The number of fused-ring (bicyclic) bond motifs is 3. The molecule has 2 atom stereocenters. The van der Waals surface area contributed by atoms with Gasteiger partial charge in [-0.15, -0.1) is 0 Å². The van der Waals surface area contributed by atoms with Crippen molar-refractivity contribution < 1.29 is 14.3 Å². The van der Waals surface area contributed by atoms with E-state index in [0.717, 1.165) is 62.3 Å². The molecule has 2 amide bonds. The van der Waals surface area contributed by atoms with Crippen molar-refractivity contribution in [2.24, 2.45) is 11.8 Å². The molecule has 0 aliphatic carbocycles. The summed E-state index contributed by atoms with van der Waals surface area (Å²) in [5.41, 5.74) is 3.29. The SMILES string of the molecule is O=C(C[C@@H]1CCN2C[C@@H]1CCCOc1ccc(N3CCNCC3)cc1CNCC2=O)NCc1cccnc1. The van der Waals surface area contributed by atoms with Crippen LogP contribution in [-0.4, -0.2) is 74.1 Å². The van der Waals surface area contributed by atoms with Crippen molar-refractivity contribution in [2.45, 2.75) is 38.8 Å². The highest BCUT2D eigenvalue weighted by atomic mass is 16.5. The van der Waals surface area contributed by atoms with Crippen LogP contribution in [0.15, 0.2) is 42.7 Å². The number of rotatable bonds is 5. The Bertz CT molecular complexity index is 1080. The van der Waals surface area contributed by atoms with Crippen LogP contribution in [0.1, 0.15) is 36.8 Å². The fourth-order valence-electron chi connectivity index (χ4n) is 5.82. The predicted molar refractivity (Wildman–Crippen MR) is 147 cm³/mol. The van der Waals surface area contributed by atoms with E-state index in [-0.39, 0.29) is 23.7 Å². The molecule has 4 heterocycles. The highest BCUT2D eigenvalue weighted by Gasteiger charge is 2.32. The van der Waals surface area contributed by atoms with E-state index in [1.807, 2.05) is 17.0 Å². The third kappa shape index (κ3) is 7.02. The van der Waals surface area contributed by atoms with Crippen molar-refractivity contribution in [1.29, 1.82) is 0 Å². The number of amides is 2. The first kappa shape index (κ1) is 26.4. The maximum Gasteiger partial charge on any atom is 0.236 e. The van der Waals surface area contributed by atoms with Gasteiger partial charge >= 0.3 is 0 Å². The molecule has 38 heavy (non-hydrogen) atoms. The standard InChI is InChI=1S/C29H40N6O3/c36-28(33-18-22-3-1-8-31-17-22)16-23-7-11-35-21-24(23)4-2-14-38-27-6-5-26(34-12-9-30-10-13-34)15-25(27)19-32-20-29(35)37/h1,3,5-6,8,15,17,23-24,30,32H,2,4,7,9-14,16,18-21H2,(H,33,36)/t23-,24-/m0/s1. The number of carbonyl (C=O) groups is 2. The van der Waals surface area contributed by atoms with Crippen molar-refractivity contribution >= 4 is 17.5 Å². The van der Waals surface area contributed by atoms with Crippen molar-refractivity contribution in [3.8, 4) is 5.75 Å². The summed E-state index contributed by atoms with van der Waals surface area (Å²) in [5.74, 6) is 1.64. The van der Waals surface area contributed by atoms with E-state index in [1.54, 1.807) is 12.4 Å². The summed E-state index contributed by atoms with van der Waals surface area (Å²) in [6.07, 6.45) is 6.68. The number of piperazine rings is 1. The fourth-order valence-corrected chi connectivity index (χ4v) is 5.82. The maximum atomic E-state index is 13.1. The van der Waals surface area contributed by atoms with E-state index >= 15 is 0 Å². The molecule has 9 heteroatoms. The molecule has 3 aliphatic rings. The molecule has 3 N–H and O–H groups in total. The topological polar surface area (TPSA) is 98.8 Å². The molecule has 2 aromatic rings. The minimum absolute atomic E-state index is 0.0636. The first-order chi connectivity index (χ1) is 18.7. The predicted octanol–water partition coefficient (Wildman–Crippen LogP) is 1.92. The van der Waals surface area contributed by atoms with E-state index in [9.17, 15) is 9.59 Å². The summed E-state index contributed by atoms with van der Waals surface area (Å²) in [7, 11) is 0. The molecule has 1 aromatic carbocycles. The Morgan fingerprint density at radius 1 is 1.08 bits per heavy atom. The zero-order valence-corrected chi connectivity index (χ0v) is 22.2. The summed E-state index contributed by atoms with van der Waals surface area (Å²) < 4.78 is 6.26. The molecule has 3 aliphatic heterocycles. The third-order valence-electron chi connectivity index (χ3n) is 8.00. The van der Waals surface area contributed by atoms with Crippen molar-refractivity contribution in [2.75, 3.05) is 57.3 Å². The van der Waals surface area contributed by atoms with Crippen molar-refractivity contribution in [3.63, 3.8) is 0 Å². The first-order valence-electron chi connectivity index (χ1n) is 14.0. The number of ether oxygens (including phenoxy) is 1. The van der Waals surface area contributed by atoms with Gasteiger partial charge in [0.05, 0.1) is 13.2 Å². The van der Waals surface area contributed by atoms with Crippen LogP contribution in [0.2, 0.25) is 0 Å². The molecule has 9 nitrogen and oxygen atoms in total. The van der Waals surface area contributed by atoms with Crippen LogP contribution in [0.3, 0.4) is 0 Å². The lowest BCUT2D eigenvalue weighted by Gasteiger charge is -2.38. The number of aromatic nitrogens is 1. The number of piperidine rings is 1. The number of benzene rings is 1. The van der Waals surface area contributed by atoms with E-state index in [2.05, 4.69) is 44.0 Å². The Labute approximate surface area is 225 Å². The lowest BCUT2D eigenvalue weighted by atomic mass is 9.80. The highest BCUT2D eigenvalue weighted by Crippen LogP contribution is 2.31. The van der Waals surface area contributed by atoms with E-state index in [0.29, 0.717) is 45.8 Å². The lowest BCUT2D eigenvalue weighted by Crippen LogP contribution is -2.47. The van der Waals surface area contributed by atoms with E-state index in [1.165, 1.54) is 5.69 Å². The van der Waals surface area contributed by atoms with Gasteiger partial charge in [0.15, 0.2) is 0 Å². The lowest BCUT2D eigenvalue weighted by molar-refractivity contribution is -0.133. The van der Waals surface area contributed by atoms with Gasteiger partial charge in [0.1, 0.15) is 5.75 Å². The van der Waals surface area contributed by atoms with Gasteiger partial charge in [-0.1, -0.05) is 6.07 Å². The van der Waals surface area contributed by atoms with Crippen LogP contribution in [0.4, 0.5) is 5.69 Å². The smallest absolute Gasteiger partial charge is 0.236 e. The fraction of sp³-hybridized carbons (Fsp3) is 0.552. The van der Waals surface area contributed by atoms with E-state index in [4.69, 9.17) is 4.74 Å². The first-order valence-corrected chi connectivity index (χ1v) is 14.0. The van der Waals surface area contributed by atoms with Crippen LogP contribution in [-0.2, 0) is 22.7 Å². The minimum Gasteiger partial charge on any atom is -0.493 e. The summed E-state index contributed by atoms with van der Waals surface area (Å²) in [6, 6.07) is 10.3. The minimum atomic E-state index is 0.0636. The zero-order chi connectivity index (χ0) is 26.2. The second kappa shape index (κ2) is 13.1. The van der Waals surface area contributed by atoms with Crippen LogP contribution in [0.25, 0.3) is 0 Å². The van der Waals surface area contributed by atoms with Gasteiger partial charge in [0.25, 0.3) is 0 Å². The molecule has 1 aromatic heterocycles. The summed E-state index contributed by atoms with van der Waals surface area (Å²) in [4.78, 5) is 34.3. The average Bonchev–Trinajstić information content (AvgIpc) is 2.97. The molecular formula is C29H40N6O3. The van der Waals surface area contributed by atoms with Crippen LogP contribution in [0, 0.1) is 11.8 Å². The number of anilines is 1. The number of nitrogens with zero attached hydrogens (tertiary/aromatic N) is 3. The molecule has 0 radical (unpaired) electrons. The van der Waals surface area contributed by atoms with Crippen LogP contribution in [0.5, 0.6) is 5.75 Å². The summed E-state index contributed by atoms with van der Waals surface area (Å²) in [5, 5.41) is 9.81. The van der Waals surface area contributed by atoms with Crippen LogP contribution >= 0.6 is 0 Å². The molecule has 204 valence electrons. The number of pyridine rings is 1. The Hall–Kier alpha value is -3.17. The Balaban J connectivity index is 1.21. The van der Waals surface area contributed by atoms with Gasteiger partial charge in [0.2, 0.25) is 11.8 Å². The van der Waals surface area contributed by atoms with Crippen LogP contribution < -0.4 is 25.6 Å². The second-order valence-electron chi connectivity index (χ2n) is 10.6. The number of carbonyl (C=O) groups excluding carboxylic acids is 2. The Morgan fingerprint density at radius 2 is 1.97 bits per heavy atom. The molecule has 2 bridgehead atoms. The van der Waals surface area contributed by atoms with Gasteiger partial charge in [0, 0.05) is 82.4 Å². The average molecular weight is 521 g/mol. The monoisotopic (exact) mass is 520 g/mol. The maximum absolute atomic E-state index is 13.1.